The van der Waals surface area contributed by atoms with Gasteiger partial charge in [-0.1, -0.05) is 18.2 Å². The van der Waals surface area contributed by atoms with Gasteiger partial charge < -0.3 is 15.5 Å². The molecule has 0 atom stereocenters. The molecule has 0 radical (unpaired) electrons. The van der Waals surface area contributed by atoms with E-state index in [1.807, 2.05) is 42.5 Å². The van der Waals surface area contributed by atoms with E-state index in [-0.39, 0.29) is 11.6 Å². The van der Waals surface area contributed by atoms with Crippen molar-refractivity contribution >= 4 is 28.8 Å². The fraction of sp³-hybridized carbons (Fsp3) is 0.190. The Bertz CT molecular complexity index is 888. The lowest BCUT2D eigenvalue weighted by Crippen LogP contribution is -2.17. The molecule has 2 aromatic carbocycles. The number of hydrogen-bond acceptors (Lipinski definition) is 5. The minimum Gasteiger partial charge on any atom is -0.372 e. The smallest absolute Gasteiger partial charge is 0.275 e. The Morgan fingerprint density at radius 1 is 0.852 bits per heavy atom. The number of nitrogens with zero attached hydrogens (tertiary/aromatic N) is 3. The van der Waals surface area contributed by atoms with Gasteiger partial charge in [0.2, 0.25) is 0 Å². The lowest BCUT2D eigenvalue weighted by Gasteiger charge is -2.17. The summed E-state index contributed by atoms with van der Waals surface area (Å²) >= 11 is 0. The van der Waals surface area contributed by atoms with Gasteiger partial charge in [-0.05, 0) is 49.2 Å². The van der Waals surface area contributed by atoms with E-state index in [1.54, 1.807) is 6.20 Å². The van der Waals surface area contributed by atoms with Crippen molar-refractivity contribution in [2.24, 2.45) is 0 Å². The second-order valence-electron chi connectivity index (χ2n) is 6.47. The van der Waals surface area contributed by atoms with E-state index in [9.17, 15) is 4.79 Å². The average Bonchev–Trinajstić information content (AvgIpc) is 3.25. The monoisotopic (exact) mass is 359 g/mol. The highest BCUT2D eigenvalue weighted by Gasteiger charge is 2.12. The van der Waals surface area contributed by atoms with Crippen molar-refractivity contribution in [3.05, 3.63) is 72.7 Å². The summed E-state index contributed by atoms with van der Waals surface area (Å²) in [5, 5.41) is 6.01. The summed E-state index contributed by atoms with van der Waals surface area (Å²) in [5.74, 6) is 0.315. The maximum absolute atomic E-state index is 12.2. The van der Waals surface area contributed by atoms with Crippen LogP contribution in [0.15, 0.2) is 67.0 Å². The molecule has 4 rings (SSSR count). The Labute approximate surface area is 158 Å². The molecule has 1 aromatic heterocycles. The summed E-state index contributed by atoms with van der Waals surface area (Å²) < 4.78 is 0. The number of para-hydroxylation sites is 1. The summed E-state index contributed by atoms with van der Waals surface area (Å²) in [7, 11) is 0. The van der Waals surface area contributed by atoms with E-state index >= 15 is 0 Å². The van der Waals surface area contributed by atoms with Crippen LogP contribution in [-0.2, 0) is 0 Å². The molecule has 1 aliphatic heterocycles. The number of anilines is 4. The van der Waals surface area contributed by atoms with Crippen LogP contribution in [0.3, 0.4) is 0 Å². The van der Waals surface area contributed by atoms with E-state index in [2.05, 4.69) is 37.6 Å². The first-order valence-electron chi connectivity index (χ1n) is 9.08. The van der Waals surface area contributed by atoms with Gasteiger partial charge in [-0.15, -0.1) is 0 Å². The van der Waals surface area contributed by atoms with Crippen LogP contribution in [-0.4, -0.2) is 29.0 Å². The van der Waals surface area contributed by atoms with Crippen molar-refractivity contribution in [3.63, 3.8) is 0 Å². The van der Waals surface area contributed by atoms with Gasteiger partial charge in [-0.3, -0.25) is 4.79 Å². The lowest BCUT2D eigenvalue weighted by atomic mass is 10.2. The standard InChI is InChI=1S/C21H21N5O/c27-21(25-16-6-2-1-3-7-16)19-14-23-20(15-22-19)24-17-8-10-18(11-9-17)26-12-4-5-13-26/h1-3,6-11,14-15H,4-5,12-13H2,(H,23,24)(H,25,27). The van der Waals surface area contributed by atoms with Crippen LogP contribution in [0.2, 0.25) is 0 Å². The Morgan fingerprint density at radius 2 is 1.59 bits per heavy atom. The molecule has 1 aliphatic rings. The third-order valence-corrected chi connectivity index (χ3v) is 4.53. The molecular formula is C21H21N5O. The molecule has 3 aromatic rings. The summed E-state index contributed by atoms with van der Waals surface area (Å²) in [6, 6.07) is 17.6. The number of rotatable bonds is 5. The van der Waals surface area contributed by atoms with Gasteiger partial charge >= 0.3 is 0 Å². The maximum Gasteiger partial charge on any atom is 0.275 e. The third-order valence-electron chi connectivity index (χ3n) is 4.53. The topological polar surface area (TPSA) is 70.2 Å². The molecule has 136 valence electrons. The van der Waals surface area contributed by atoms with Crippen molar-refractivity contribution in [2.75, 3.05) is 28.6 Å². The van der Waals surface area contributed by atoms with Crippen LogP contribution in [0.1, 0.15) is 23.3 Å². The zero-order chi connectivity index (χ0) is 18.5. The Balaban J connectivity index is 1.38. The number of carbonyl (C=O) groups excluding carboxylic acids is 1. The Morgan fingerprint density at radius 3 is 2.26 bits per heavy atom. The number of carbonyl (C=O) groups is 1. The van der Waals surface area contributed by atoms with Crippen LogP contribution in [0.5, 0.6) is 0 Å². The summed E-state index contributed by atoms with van der Waals surface area (Å²) in [5.41, 5.74) is 3.18. The SMILES string of the molecule is O=C(Nc1ccccc1)c1cnc(Nc2ccc(N3CCCC3)cc2)cn1. The molecule has 0 saturated carbocycles. The van der Waals surface area contributed by atoms with Crippen LogP contribution >= 0.6 is 0 Å². The predicted molar refractivity (Wildman–Crippen MR) is 108 cm³/mol. The van der Waals surface area contributed by atoms with Crippen molar-refractivity contribution in [3.8, 4) is 0 Å². The van der Waals surface area contributed by atoms with Crippen LogP contribution in [0.25, 0.3) is 0 Å². The summed E-state index contributed by atoms with van der Waals surface area (Å²) in [6.45, 7) is 2.26. The normalized spacial score (nSPS) is 13.4. The number of benzene rings is 2. The molecular weight excluding hydrogens is 338 g/mol. The first-order valence-corrected chi connectivity index (χ1v) is 9.08. The zero-order valence-electron chi connectivity index (χ0n) is 14.9. The molecule has 1 saturated heterocycles. The molecule has 1 amide bonds. The minimum absolute atomic E-state index is 0.272. The highest BCUT2D eigenvalue weighted by molar-refractivity contribution is 6.02. The van der Waals surface area contributed by atoms with Crippen molar-refractivity contribution in [2.45, 2.75) is 12.8 Å². The molecule has 0 unspecified atom stereocenters. The van der Waals surface area contributed by atoms with Gasteiger partial charge in [-0.2, -0.15) is 0 Å². The minimum atomic E-state index is -0.282. The van der Waals surface area contributed by atoms with E-state index in [1.165, 1.54) is 24.7 Å². The van der Waals surface area contributed by atoms with Crippen molar-refractivity contribution in [1.82, 2.24) is 9.97 Å². The number of aromatic nitrogens is 2. The first-order chi connectivity index (χ1) is 13.3. The molecule has 0 bridgehead atoms. The van der Waals surface area contributed by atoms with E-state index in [0.29, 0.717) is 5.82 Å². The van der Waals surface area contributed by atoms with E-state index in [0.717, 1.165) is 24.5 Å². The number of hydrogen-bond donors (Lipinski definition) is 2. The quantitative estimate of drug-likeness (QED) is 0.718. The fourth-order valence-electron chi connectivity index (χ4n) is 3.11. The highest BCUT2D eigenvalue weighted by atomic mass is 16.1. The van der Waals surface area contributed by atoms with Gasteiger partial charge in [0.05, 0.1) is 12.4 Å². The number of nitrogens with one attached hydrogen (secondary N) is 2. The maximum atomic E-state index is 12.2. The third kappa shape index (κ3) is 4.23. The second-order valence-corrected chi connectivity index (χ2v) is 6.47. The largest absolute Gasteiger partial charge is 0.372 e. The van der Waals surface area contributed by atoms with Gasteiger partial charge in [0.15, 0.2) is 0 Å². The first kappa shape index (κ1) is 17.0. The average molecular weight is 359 g/mol. The number of amides is 1. The molecule has 2 heterocycles. The fourth-order valence-corrected chi connectivity index (χ4v) is 3.11. The van der Waals surface area contributed by atoms with E-state index in [4.69, 9.17) is 0 Å². The molecule has 1 fully saturated rings. The van der Waals surface area contributed by atoms with Crippen LogP contribution in [0.4, 0.5) is 22.9 Å². The van der Waals surface area contributed by atoms with Crippen LogP contribution in [0, 0.1) is 0 Å². The Kier molecular flexibility index (Phi) is 4.96. The molecule has 0 aliphatic carbocycles. The second kappa shape index (κ2) is 7.86. The molecule has 6 nitrogen and oxygen atoms in total. The van der Waals surface area contributed by atoms with Gasteiger partial charge in [-0.25, -0.2) is 9.97 Å². The summed E-state index contributed by atoms with van der Waals surface area (Å²) in [6.07, 6.45) is 5.56. The lowest BCUT2D eigenvalue weighted by molar-refractivity contribution is 0.102. The Hall–Kier alpha value is -3.41. The molecule has 27 heavy (non-hydrogen) atoms. The molecule has 6 heteroatoms. The predicted octanol–water partition coefficient (Wildman–Crippen LogP) is 4.07. The molecule has 2 N–H and O–H groups in total. The summed E-state index contributed by atoms with van der Waals surface area (Å²) in [4.78, 5) is 23.1. The van der Waals surface area contributed by atoms with E-state index < -0.39 is 0 Å². The van der Waals surface area contributed by atoms with Gasteiger partial charge in [0, 0.05) is 30.2 Å². The van der Waals surface area contributed by atoms with Crippen LogP contribution < -0.4 is 15.5 Å². The van der Waals surface area contributed by atoms with Crippen molar-refractivity contribution in [1.29, 1.82) is 0 Å². The zero-order valence-corrected chi connectivity index (χ0v) is 14.9. The van der Waals surface area contributed by atoms with Crippen molar-refractivity contribution < 1.29 is 4.79 Å². The van der Waals surface area contributed by atoms with Gasteiger partial charge in [0.1, 0.15) is 11.5 Å². The molecule has 0 spiro atoms. The highest BCUT2D eigenvalue weighted by Crippen LogP contribution is 2.23. The van der Waals surface area contributed by atoms with Gasteiger partial charge in [0.25, 0.3) is 5.91 Å².